The highest BCUT2D eigenvalue weighted by molar-refractivity contribution is 9.13. The molecule has 2 unspecified atom stereocenters. The summed E-state index contributed by atoms with van der Waals surface area (Å²) in [6.07, 6.45) is -0.657. The molecule has 6 heteroatoms. The van der Waals surface area contributed by atoms with Crippen LogP contribution in [0, 0.1) is 16.7 Å². The lowest BCUT2D eigenvalue weighted by Crippen LogP contribution is -2.39. The number of benzene rings is 1. The number of rotatable bonds is 2. The molecule has 4 nitrogen and oxygen atoms in total. The number of aliphatic hydroxyl groups excluding tert-OH is 1. The number of halogens is 2. The van der Waals surface area contributed by atoms with Gasteiger partial charge in [0.1, 0.15) is 29.6 Å². The average Bonchev–Trinajstić information content (AvgIpc) is 2.85. The zero-order valence-corrected chi connectivity index (χ0v) is 14.0. The van der Waals surface area contributed by atoms with Crippen molar-refractivity contribution in [3.05, 3.63) is 50.8 Å². The summed E-state index contributed by atoms with van der Waals surface area (Å²) in [5.41, 5.74) is -0.153. The van der Waals surface area contributed by atoms with Crippen LogP contribution in [0.2, 0.25) is 0 Å². The highest BCUT2D eigenvalue weighted by Gasteiger charge is 2.45. The number of aliphatic hydroxyl groups is 1. The highest BCUT2D eigenvalue weighted by atomic mass is 79.9. The molecule has 1 aromatic carbocycles. The summed E-state index contributed by atoms with van der Waals surface area (Å²) in [6.45, 7) is 0.123. The van der Waals surface area contributed by atoms with Crippen molar-refractivity contribution < 1.29 is 14.3 Å². The van der Waals surface area contributed by atoms with Gasteiger partial charge in [-0.3, -0.25) is 0 Å². The Labute approximate surface area is 138 Å². The number of fused-ring (bicyclic) bond motifs is 1. The molecule has 2 aromatic rings. The minimum atomic E-state index is -1.07. The van der Waals surface area contributed by atoms with E-state index in [1.165, 1.54) is 0 Å². The minimum absolute atomic E-state index is 0.123. The van der Waals surface area contributed by atoms with Crippen LogP contribution >= 0.6 is 31.9 Å². The van der Waals surface area contributed by atoms with Crippen molar-refractivity contribution >= 4 is 31.9 Å². The van der Waals surface area contributed by atoms with Crippen LogP contribution in [-0.4, -0.2) is 11.7 Å². The summed E-state index contributed by atoms with van der Waals surface area (Å²) in [4.78, 5) is 0. The molecule has 1 N–H and O–H groups in total. The molecule has 0 amide bonds. The van der Waals surface area contributed by atoms with E-state index in [9.17, 15) is 10.4 Å². The number of hydrogen-bond donors (Lipinski definition) is 1. The lowest BCUT2D eigenvalue weighted by Gasteiger charge is -2.34. The van der Waals surface area contributed by atoms with E-state index in [1.54, 1.807) is 6.07 Å². The summed E-state index contributed by atoms with van der Waals surface area (Å²) in [5.74, 6) is 1.09. The summed E-state index contributed by atoms with van der Waals surface area (Å²) < 4.78 is 12.3. The molecule has 0 bridgehead atoms. The highest BCUT2D eigenvalue weighted by Crippen LogP contribution is 2.44. The van der Waals surface area contributed by atoms with E-state index in [1.807, 2.05) is 24.3 Å². The maximum absolute atomic E-state index is 10.6. The molecule has 21 heavy (non-hydrogen) atoms. The molecule has 2 heterocycles. The van der Waals surface area contributed by atoms with Crippen LogP contribution in [0.25, 0.3) is 0 Å². The van der Waals surface area contributed by atoms with Crippen LogP contribution in [0.5, 0.6) is 5.75 Å². The maximum atomic E-state index is 10.6. The van der Waals surface area contributed by atoms with Gasteiger partial charge in [0.2, 0.25) is 0 Å². The Hall–Kier alpha value is -1.29. The van der Waals surface area contributed by atoms with Crippen molar-refractivity contribution in [1.29, 1.82) is 5.26 Å². The fourth-order valence-corrected chi connectivity index (χ4v) is 3.07. The van der Waals surface area contributed by atoms with Crippen LogP contribution in [-0.2, 0) is 6.42 Å². The molecule has 0 fully saturated rings. The van der Waals surface area contributed by atoms with Gasteiger partial charge in [-0.25, -0.2) is 0 Å². The number of furan rings is 1. The molecule has 0 radical (unpaired) electrons. The third-order valence-electron chi connectivity index (χ3n) is 3.64. The molecule has 0 aliphatic carbocycles. The van der Waals surface area contributed by atoms with Gasteiger partial charge in [-0.1, -0.05) is 18.2 Å². The Balaban J connectivity index is 1.97. The van der Waals surface area contributed by atoms with Crippen molar-refractivity contribution in [2.75, 3.05) is 6.61 Å². The van der Waals surface area contributed by atoms with E-state index < -0.39 is 11.5 Å². The van der Waals surface area contributed by atoms with E-state index in [2.05, 4.69) is 37.9 Å². The van der Waals surface area contributed by atoms with Crippen LogP contribution in [0.4, 0.5) is 0 Å². The minimum Gasteiger partial charge on any atom is -0.492 e. The van der Waals surface area contributed by atoms with Gasteiger partial charge in [0.25, 0.3) is 0 Å². The van der Waals surface area contributed by atoms with Crippen molar-refractivity contribution in [3.8, 4) is 11.8 Å². The molecular weight excluding hydrogens is 402 g/mol. The quantitative estimate of drug-likeness (QED) is 0.809. The molecule has 0 saturated carbocycles. The van der Waals surface area contributed by atoms with Gasteiger partial charge >= 0.3 is 0 Å². The second kappa shape index (κ2) is 5.48. The van der Waals surface area contributed by atoms with Gasteiger partial charge in [-0.15, -0.1) is 0 Å². The Morgan fingerprint density at radius 3 is 2.76 bits per heavy atom. The van der Waals surface area contributed by atoms with Crippen molar-refractivity contribution in [2.45, 2.75) is 12.5 Å². The molecule has 3 rings (SSSR count). The largest absolute Gasteiger partial charge is 0.492 e. The van der Waals surface area contributed by atoms with E-state index in [0.717, 1.165) is 11.3 Å². The molecule has 1 aliphatic heterocycles. The Kier molecular flexibility index (Phi) is 3.82. The zero-order valence-electron chi connectivity index (χ0n) is 10.8. The normalized spacial score (nSPS) is 22.0. The van der Waals surface area contributed by atoms with Gasteiger partial charge in [-0.05, 0) is 49.6 Å². The topological polar surface area (TPSA) is 66.4 Å². The predicted molar refractivity (Wildman–Crippen MR) is 82.8 cm³/mol. The van der Waals surface area contributed by atoms with Gasteiger partial charge in [0.05, 0.1) is 10.5 Å². The first kappa shape index (κ1) is 14.6. The molecule has 108 valence electrons. The Morgan fingerprint density at radius 2 is 2.10 bits per heavy atom. The fourth-order valence-electron chi connectivity index (χ4n) is 2.47. The van der Waals surface area contributed by atoms with Gasteiger partial charge in [0.15, 0.2) is 4.67 Å². The third kappa shape index (κ3) is 2.50. The van der Waals surface area contributed by atoms with Crippen molar-refractivity contribution in [2.24, 2.45) is 5.41 Å². The summed E-state index contributed by atoms with van der Waals surface area (Å²) in [7, 11) is 0. The second-order valence-electron chi connectivity index (χ2n) is 5.01. The van der Waals surface area contributed by atoms with Crippen molar-refractivity contribution in [3.63, 3.8) is 0 Å². The van der Waals surface area contributed by atoms with E-state index >= 15 is 0 Å². The van der Waals surface area contributed by atoms with Crippen molar-refractivity contribution in [1.82, 2.24) is 0 Å². The first-order valence-corrected chi connectivity index (χ1v) is 7.89. The predicted octanol–water partition coefficient (Wildman–Crippen LogP) is 3.98. The summed E-state index contributed by atoms with van der Waals surface area (Å²) in [6, 6.07) is 11.4. The smallest absolute Gasteiger partial charge is 0.183 e. The van der Waals surface area contributed by atoms with E-state index in [0.29, 0.717) is 21.3 Å². The maximum Gasteiger partial charge on any atom is 0.183 e. The SMILES string of the molecule is N#CC1(C(O)c2cc(Br)c(Br)o2)COc2ccccc2C1. The number of para-hydroxylation sites is 1. The lowest BCUT2D eigenvalue weighted by atomic mass is 9.76. The second-order valence-corrected chi connectivity index (χ2v) is 6.59. The first-order chi connectivity index (χ1) is 10.1. The molecule has 0 saturated heterocycles. The number of nitrogens with zero attached hydrogens (tertiary/aromatic N) is 1. The zero-order chi connectivity index (χ0) is 15.0. The van der Waals surface area contributed by atoms with E-state index in [4.69, 9.17) is 9.15 Å². The molecular formula is C15H11Br2NO3. The fraction of sp³-hybridized carbons (Fsp3) is 0.267. The van der Waals surface area contributed by atoms with Gasteiger partial charge in [0, 0.05) is 6.42 Å². The number of hydrogen-bond acceptors (Lipinski definition) is 4. The van der Waals surface area contributed by atoms with Crippen LogP contribution in [0.1, 0.15) is 17.4 Å². The number of ether oxygens (including phenoxy) is 1. The Morgan fingerprint density at radius 1 is 1.33 bits per heavy atom. The Bertz CT molecular complexity index is 702. The summed E-state index contributed by atoms with van der Waals surface area (Å²) in [5, 5.41) is 20.2. The van der Waals surface area contributed by atoms with Crippen LogP contribution in [0.3, 0.4) is 0 Å². The lowest BCUT2D eigenvalue weighted by molar-refractivity contribution is 0.00315. The van der Waals surface area contributed by atoms with E-state index in [-0.39, 0.29) is 6.61 Å². The molecule has 1 aromatic heterocycles. The standard InChI is InChI=1S/C15H11Br2NO3/c16-10-5-12(21-14(10)17)13(19)15(7-18)6-9-3-1-2-4-11(9)20-8-15/h1-5,13,19H,6,8H2. The molecule has 0 spiro atoms. The van der Waals surface area contributed by atoms with Gasteiger partial charge < -0.3 is 14.3 Å². The average molecular weight is 413 g/mol. The molecule has 1 aliphatic rings. The monoisotopic (exact) mass is 411 g/mol. The first-order valence-electron chi connectivity index (χ1n) is 6.30. The number of nitriles is 1. The molecule has 2 atom stereocenters. The van der Waals surface area contributed by atoms with Crippen LogP contribution < -0.4 is 4.74 Å². The van der Waals surface area contributed by atoms with Gasteiger partial charge in [-0.2, -0.15) is 5.26 Å². The third-order valence-corrected chi connectivity index (χ3v) is 5.35. The summed E-state index contributed by atoms with van der Waals surface area (Å²) >= 11 is 6.54. The van der Waals surface area contributed by atoms with Crippen LogP contribution in [0.15, 0.2) is 43.9 Å².